The summed E-state index contributed by atoms with van der Waals surface area (Å²) in [7, 11) is 0. The van der Waals surface area contributed by atoms with Crippen molar-refractivity contribution in [3.8, 4) is 11.4 Å². The molecule has 0 bridgehead atoms. The van der Waals surface area contributed by atoms with E-state index in [0.717, 1.165) is 0 Å². The number of aromatic nitrogens is 3. The second-order valence-corrected chi connectivity index (χ2v) is 5.23. The predicted molar refractivity (Wildman–Crippen MR) is 86.9 cm³/mol. The molecule has 1 amide bonds. The third kappa shape index (κ3) is 3.88. The summed E-state index contributed by atoms with van der Waals surface area (Å²) < 4.78 is 19.8. The highest BCUT2D eigenvalue weighted by Gasteiger charge is 2.11. The van der Waals surface area contributed by atoms with Gasteiger partial charge in [-0.05, 0) is 30.3 Å². The SMILES string of the molecule is O=C(COc1cccc(F)c1)Nc1cc(Cl)ccc1-n1cncn1. The maximum absolute atomic E-state index is 13.1. The summed E-state index contributed by atoms with van der Waals surface area (Å²) in [6.45, 7) is -0.271. The van der Waals surface area contributed by atoms with Crippen LogP contribution in [-0.4, -0.2) is 27.3 Å². The maximum Gasteiger partial charge on any atom is 0.262 e. The molecule has 24 heavy (non-hydrogen) atoms. The van der Waals surface area contributed by atoms with Gasteiger partial charge >= 0.3 is 0 Å². The average Bonchev–Trinajstić information content (AvgIpc) is 3.07. The van der Waals surface area contributed by atoms with E-state index in [2.05, 4.69) is 15.4 Å². The normalized spacial score (nSPS) is 10.4. The van der Waals surface area contributed by atoms with Crippen molar-refractivity contribution >= 4 is 23.2 Å². The topological polar surface area (TPSA) is 69.0 Å². The molecule has 0 fully saturated rings. The third-order valence-electron chi connectivity index (χ3n) is 3.06. The molecule has 0 atom stereocenters. The minimum Gasteiger partial charge on any atom is -0.484 e. The lowest BCUT2D eigenvalue weighted by molar-refractivity contribution is -0.118. The number of ether oxygens (including phenoxy) is 1. The van der Waals surface area contributed by atoms with Crippen molar-refractivity contribution in [3.05, 3.63) is 66.0 Å². The maximum atomic E-state index is 13.1. The molecule has 0 spiro atoms. The van der Waals surface area contributed by atoms with Gasteiger partial charge in [0.2, 0.25) is 0 Å². The van der Waals surface area contributed by atoms with Gasteiger partial charge in [-0.3, -0.25) is 4.79 Å². The van der Waals surface area contributed by atoms with Gasteiger partial charge < -0.3 is 10.1 Å². The van der Waals surface area contributed by atoms with Crippen LogP contribution in [0.4, 0.5) is 10.1 Å². The number of hydrogen-bond donors (Lipinski definition) is 1. The van der Waals surface area contributed by atoms with E-state index in [1.54, 1.807) is 24.3 Å². The Balaban J connectivity index is 1.71. The zero-order valence-corrected chi connectivity index (χ0v) is 13.1. The summed E-state index contributed by atoms with van der Waals surface area (Å²) in [6.07, 6.45) is 2.88. The quantitative estimate of drug-likeness (QED) is 0.770. The summed E-state index contributed by atoms with van der Waals surface area (Å²) in [5, 5.41) is 7.18. The molecule has 0 aliphatic rings. The zero-order chi connectivity index (χ0) is 16.9. The molecule has 3 rings (SSSR count). The van der Waals surface area contributed by atoms with E-state index in [-0.39, 0.29) is 12.4 Å². The van der Waals surface area contributed by atoms with E-state index in [1.165, 1.54) is 35.5 Å². The van der Waals surface area contributed by atoms with Crippen molar-refractivity contribution in [1.82, 2.24) is 14.8 Å². The molecule has 0 unspecified atom stereocenters. The van der Waals surface area contributed by atoms with Crippen LogP contribution in [0.15, 0.2) is 55.1 Å². The summed E-state index contributed by atoms with van der Waals surface area (Å²) in [4.78, 5) is 16.0. The van der Waals surface area contributed by atoms with Crippen LogP contribution < -0.4 is 10.1 Å². The Morgan fingerprint density at radius 2 is 2.17 bits per heavy atom. The molecule has 0 radical (unpaired) electrons. The number of hydrogen-bond acceptors (Lipinski definition) is 4. The van der Waals surface area contributed by atoms with E-state index >= 15 is 0 Å². The van der Waals surface area contributed by atoms with Crippen LogP contribution >= 0.6 is 11.6 Å². The lowest BCUT2D eigenvalue weighted by Gasteiger charge is -2.12. The zero-order valence-electron chi connectivity index (χ0n) is 12.3. The van der Waals surface area contributed by atoms with Crippen LogP contribution in [0.1, 0.15) is 0 Å². The predicted octanol–water partition coefficient (Wildman–Crippen LogP) is 3.08. The molecule has 0 aliphatic carbocycles. The molecule has 3 aromatic rings. The van der Waals surface area contributed by atoms with E-state index in [4.69, 9.17) is 16.3 Å². The van der Waals surface area contributed by atoms with Crippen molar-refractivity contribution in [1.29, 1.82) is 0 Å². The standard InChI is InChI=1S/C16H12ClFN4O2/c17-11-4-5-15(22-10-19-9-20-22)14(6-11)21-16(23)8-24-13-3-1-2-12(18)7-13/h1-7,9-10H,8H2,(H,21,23). The second kappa shape index (κ2) is 7.10. The van der Waals surface area contributed by atoms with Gasteiger partial charge in [-0.15, -0.1) is 0 Å². The largest absolute Gasteiger partial charge is 0.484 e. The van der Waals surface area contributed by atoms with Gasteiger partial charge in [0.25, 0.3) is 5.91 Å². The molecule has 1 heterocycles. The number of nitrogens with zero attached hydrogens (tertiary/aromatic N) is 3. The molecule has 0 saturated heterocycles. The van der Waals surface area contributed by atoms with Crippen molar-refractivity contribution in [2.45, 2.75) is 0 Å². The number of carbonyl (C=O) groups is 1. The molecule has 0 saturated carbocycles. The highest BCUT2D eigenvalue weighted by molar-refractivity contribution is 6.31. The molecule has 0 aliphatic heterocycles. The van der Waals surface area contributed by atoms with Gasteiger partial charge in [0, 0.05) is 11.1 Å². The number of carbonyl (C=O) groups excluding carboxylic acids is 1. The average molecular weight is 347 g/mol. The molecule has 122 valence electrons. The number of rotatable bonds is 5. The smallest absolute Gasteiger partial charge is 0.262 e. The van der Waals surface area contributed by atoms with E-state index in [0.29, 0.717) is 16.4 Å². The Kier molecular flexibility index (Phi) is 4.72. The van der Waals surface area contributed by atoms with Gasteiger partial charge in [-0.2, -0.15) is 5.10 Å². The highest BCUT2D eigenvalue weighted by Crippen LogP contribution is 2.24. The van der Waals surface area contributed by atoms with E-state index < -0.39 is 11.7 Å². The van der Waals surface area contributed by atoms with Crippen LogP contribution in [-0.2, 0) is 4.79 Å². The summed E-state index contributed by atoms with van der Waals surface area (Å²) in [6, 6.07) is 10.5. The van der Waals surface area contributed by atoms with Crippen LogP contribution in [0, 0.1) is 5.82 Å². The van der Waals surface area contributed by atoms with Crippen molar-refractivity contribution in [2.24, 2.45) is 0 Å². The highest BCUT2D eigenvalue weighted by atomic mass is 35.5. The summed E-state index contributed by atoms with van der Waals surface area (Å²) >= 11 is 5.98. The minimum atomic E-state index is -0.434. The van der Waals surface area contributed by atoms with Gasteiger partial charge in [0.05, 0.1) is 11.4 Å². The minimum absolute atomic E-state index is 0.271. The number of halogens is 2. The Bertz CT molecular complexity index is 855. The first-order valence-corrected chi connectivity index (χ1v) is 7.32. The molecule has 6 nitrogen and oxygen atoms in total. The molecule has 1 aromatic heterocycles. The number of amides is 1. The van der Waals surface area contributed by atoms with Gasteiger partial charge in [0.15, 0.2) is 6.61 Å². The fraction of sp³-hybridized carbons (Fsp3) is 0.0625. The van der Waals surface area contributed by atoms with Gasteiger partial charge in [-0.25, -0.2) is 14.1 Å². The Labute approximate surface area is 141 Å². The van der Waals surface area contributed by atoms with Gasteiger partial charge in [-0.1, -0.05) is 17.7 Å². The van der Waals surface area contributed by atoms with E-state index in [1.807, 2.05) is 0 Å². The molecular formula is C16H12ClFN4O2. The second-order valence-electron chi connectivity index (χ2n) is 4.80. The van der Waals surface area contributed by atoms with Crippen LogP contribution in [0.3, 0.4) is 0 Å². The number of benzene rings is 2. The Hall–Kier alpha value is -2.93. The van der Waals surface area contributed by atoms with Crippen molar-refractivity contribution < 1.29 is 13.9 Å². The lowest BCUT2D eigenvalue weighted by atomic mass is 10.2. The first-order chi connectivity index (χ1) is 11.6. The van der Waals surface area contributed by atoms with Crippen LogP contribution in [0.25, 0.3) is 5.69 Å². The number of nitrogens with one attached hydrogen (secondary N) is 1. The third-order valence-corrected chi connectivity index (χ3v) is 3.30. The fourth-order valence-corrected chi connectivity index (χ4v) is 2.20. The lowest BCUT2D eigenvalue weighted by Crippen LogP contribution is -2.21. The Morgan fingerprint density at radius 3 is 2.92 bits per heavy atom. The first kappa shape index (κ1) is 15.9. The van der Waals surface area contributed by atoms with E-state index in [9.17, 15) is 9.18 Å². The monoisotopic (exact) mass is 346 g/mol. The Morgan fingerprint density at radius 1 is 1.29 bits per heavy atom. The fourth-order valence-electron chi connectivity index (χ4n) is 2.03. The number of anilines is 1. The van der Waals surface area contributed by atoms with Gasteiger partial charge in [0.1, 0.15) is 24.2 Å². The summed E-state index contributed by atoms with van der Waals surface area (Å²) in [5.41, 5.74) is 1.07. The first-order valence-electron chi connectivity index (χ1n) is 6.94. The molecule has 8 heteroatoms. The summed E-state index contributed by atoms with van der Waals surface area (Å²) in [5.74, 6) is -0.577. The van der Waals surface area contributed by atoms with Crippen molar-refractivity contribution in [3.63, 3.8) is 0 Å². The van der Waals surface area contributed by atoms with Crippen molar-refractivity contribution in [2.75, 3.05) is 11.9 Å². The molecule has 2 aromatic carbocycles. The van der Waals surface area contributed by atoms with Crippen LogP contribution in [0.5, 0.6) is 5.75 Å². The molecular weight excluding hydrogens is 335 g/mol. The van der Waals surface area contributed by atoms with Crippen LogP contribution in [0.2, 0.25) is 5.02 Å². The molecule has 1 N–H and O–H groups in total.